The van der Waals surface area contributed by atoms with Crippen molar-refractivity contribution < 1.29 is 26.0 Å². The molecule has 1 aromatic carbocycles. The second-order valence-electron chi connectivity index (χ2n) is 3.97. The summed E-state index contributed by atoms with van der Waals surface area (Å²) < 4.78 is 75.0. The number of aromatic nitrogens is 3. The van der Waals surface area contributed by atoms with Crippen LogP contribution in [0.3, 0.4) is 0 Å². The third-order valence-electron chi connectivity index (χ3n) is 2.60. The van der Waals surface area contributed by atoms with Gasteiger partial charge in [0.25, 0.3) is 14.2 Å². The lowest BCUT2D eigenvalue weighted by atomic mass is 10.1. The minimum Gasteiger partial charge on any atom is -0.300 e. The highest BCUT2D eigenvalue weighted by atomic mass is 35.7. The number of benzene rings is 1. The highest BCUT2D eigenvalue weighted by Gasteiger charge is 2.35. The Bertz CT molecular complexity index is 801. The zero-order valence-corrected chi connectivity index (χ0v) is 11.8. The van der Waals surface area contributed by atoms with Crippen LogP contribution in [-0.4, -0.2) is 23.2 Å². The summed E-state index contributed by atoms with van der Waals surface area (Å²) in [6.45, 7) is 0. The maximum absolute atomic E-state index is 14.0. The molecule has 0 fully saturated rings. The van der Waals surface area contributed by atoms with Crippen molar-refractivity contribution in [1.82, 2.24) is 14.8 Å². The zero-order valence-electron chi connectivity index (χ0n) is 10.2. The van der Waals surface area contributed by atoms with Gasteiger partial charge in [0, 0.05) is 17.7 Å². The molecule has 0 aliphatic carbocycles. The van der Waals surface area contributed by atoms with Crippen LogP contribution in [0.4, 0.5) is 17.6 Å². The van der Waals surface area contributed by atoms with Crippen molar-refractivity contribution in [2.75, 3.05) is 0 Å². The minimum atomic E-state index is -4.89. The Balaban J connectivity index is 2.68. The Morgan fingerprint density at radius 2 is 1.86 bits per heavy atom. The number of nitrogens with zero attached hydrogens (tertiary/aromatic N) is 3. The summed E-state index contributed by atoms with van der Waals surface area (Å²) in [4.78, 5) is 0. The van der Waals surface area contributed by atoms with Gasteiger partial charge in [0.05, 0.1) is 11.1 Å². The van der Waals surface area contributed by atoms with Crippen LogP contribution in [0.5, 0.6) is 0 Å². The van der Waals surface area contributed by atoms with Gasteiger partial charge in [-0.05, 0) is 12.1 Å². The number of hydrogen-bond acceptors (Lipinski definition) is 4. The van der Waals surface area contributed by atoms with E-state index in [2.05, 4.69) is 10.2 Å². The summed E-state index contributed by atoms with van der Waals surface area (Å²) in [5.41, 5.74) is -2.02. The Hall–Kier alpha value is -1.68. The maximum atomic E-state index is 14.0. The van der Waals surface area contributed by atoms with E-state index in [-0.39, 0.29) is 0 Å². The molecule has 0 aliphatic heterocycles. The molecule has 0 N–H and O–H groups in total. The molecule has 5 nitrogen and oxygen atoms in total. The van der Waals surface area contributed by atoms with Gasteiger partial charge in [-0.25, -0.2) is 12.8 Å². The second-order valence-corrected chi connectivity index (χ2v) is 6.43. The van der Waals surface area contributed by atoms with Crippen molar-refractivity contribution in [3.8, 4) is 11.4 Å². The van der Waals surface area contributed by atoms with Crippen molar-refractivity contribution in [1.29, 1.82) is 0 Å². The van der Waals surface area contributed by atoms with Crippen LogP contribution in [0, 0.1) is 5.82 Å². The summed E-state index contributed by atoms with van der Waals surface area (Å²) in [6.07, 6.45) is -4.89. The van der Waals surface area contributed by atoms with Gasteiger partial charge in [-0.3, -0.25) is 4.57 Å². The van der Waals surface area contributed by atoms with Crippen molar-refractivity contribution in [3.05, 3.63) is 29.6 Å². The predicted octanol–water partition coefficient (Wildman–Crippen LogP) is 2.57. The normalized spacial score (nSPS) is 12.7. The molecule has 0 unspecified atom stereocenters. The molecule has 0 saturated heterocycles. The van der Waals surface area contributed by atoms with Gasteiger partial charge in [-0.15, -0.1) is 10.2 Å². The fraction of sp³-hybridized carbons (Fsp3) is 0.200. The van der Waals surface area contributed by atoms with E-state index in [9.17, 15) is 26.0 Å². The van der Waals surface area contributed by atoms with Crippen LogP contribution in [0.15, 0.2) is 23.4 Å². The predicted molar refractivity (Wildman–Crippen MR) is 64.4 cm³/mol. The first kappa shape index (κ1) is 15.7. The summed E-state index contributed by atoms with van der Waals surface area (Å²) >= 11 is 0. The monoisotopic (exact) mass is 343 g/mol. The Labute approximate surface area is 120 Å². The number of alkyl halides is 3. The van der Waals surface area contributed by atoms with Crippen LogP contribution < -0.4 is 0 Å². The van der Waals surface area contributed by atoms with Crippen molar-refractivity contribution in [2.24, 2.45) is 7.05 Å². The standard InChI is InChI=1S/C10H6ClF4N3O2S/c1-18-8(16-17-9(18)21(11,19)20)5-3-2-4-6(7(5)12)10(13,14)15/h2-4H,1H3. The van der Waals surface area contributed by atoms with Gasteiger partial charge < -0.3 is 0 Å². The first-order chi connectivity index (χ1) is 9.53. The summed E-state index contributed by atoms with van der Waals surface area (Å²) in [5.74, 6) is -1.96. The lowest BCUT2D eigenvalue weighted by Crippen LogP contribution is -2.10. The molecular formula is C10H6ClF4N3O2S. The van der Waals surface area contributed by atoms with E-state index in [0.29, 0.717) is 6.07 Å². The molecule has 0 aliphatic rings. The van der Waals surface area contributed by atoms with Crippen LogP contribution in [0.1, 0.15) is 5.56 Å². The Morgan fingerprint density at radius 3 is 2.33 bits per heavy atom. The number of hydrogen-bond donors (Lipinski definition) is 0. The van der Waals surface area contributed by atoms with Crippen molar-refractivity contribution >= 4 is 19.7 Å². The third-order valence-corrected chi connectivity index (χ3v) is 3.80. The molecule has 0 bridgehead atoms. The molecular weight excluding hydrogens is 338 g/mol. The van der Waals surface area contributed by atoms with Gasteiger partial charge in [-0.2, -0.15) is 13.2 Å². The second kappa shape index (κ2) is 4.95. The van der Waals surface area contributed by atoms with E-state index in [1.807, 2.05) is 0 Å². The molecule has 11 heteroatoms. The van der Waals surface area contributed by atoms with E-state index < -0.39 is 43.2 Å². The quantitative estimate of drug-likeness (QED) is 0.621. The van der Waals surface area contributed by atoms with Gasteiger partial charge in [0.2, 0.25) is 0 Å². The largest absolute Gasteiger partial charge is 0.419 e. The molecule has 0 amide bonds. The van der Waals surface area contributed by atoms with Gasteiger partial charge >= 0.3 is 6.18 Å². The lowest BCUT2D eigenvalue weighted by molar-refractivity contribution is -0.139. The Morgan fingerprint density at radius 1 is 1.24 bits per heavy atom. The molecule has 0 saturated carbocycles. The maximum Gasteiger partial charge on any atom is 0.419 e. The zero-order chi connectivity index (χ0) is 16.0. The number of halogens is 5. The molecule has 21 heavy (non-hydrogen) atoms. The summed E-state index contributed by atoms with van der Waals surface area (Å²) in [5, 5.41) is 5.92. The third kappa shape index (κ3) is 2.86. The highest BCUT2D eigenvalue weighted by molar-refractivity contribution is 8.13. The average molecular weight is 344 g/mol. The van der Waals surface area contributed by atoms with Crippen LogP contribution in [0.25, 0.3) is 11.4 Å². The molecule has 0 radical (unpaired) electrons. The molecule has 114 valence electrons. The smallest absolute Gasteiger partial charge is 0.300 e. The molecule has 0 atom stereocenters. The molecule has 0 spiro atoms. The molecule has 1 aromatic heterocycles. The van der Waals surface area contributed by atoms with E-state index in [1.165, 1.54) is 0 Å². The van der Waals surface area contributed by atoms with E-state index in [0.717, 1.165) is 23.7 Å². The van der Waals surface area contributed by atoms with E-state index >= 15 is 0 Å². The lowest BCUT2D eigenvalue weighted by Gasteiger charge is -2.10. The highest BCUT2D eigenvalue weighted by Crippen LogP contribution is 2.35. The van der Waals surface area contributed by atoms with Crippen molar-refractivity contribution in [3.63, 3.8) is 0 Å². The fourth-order valence-electron chi connectivity index (χ4n) is 1.69. The molecule has 2 aromatic rings. The van der Waals surface area contributed by atoms with Gasteiger partial charge in [0.15, 0.2) is 5.82 Å². The number of rotatable bonds is 2. The fourth-order valence-corrected chi connectivity index (χ4v) is 2.64. The molecule has 1 heterocycles. The van der Waals surface area contributed by atoms with E-state index in [4.69, 9.17) is 10.7 Å². The minimum absolute atomic E-state index is 0.391. The first-order valence-electron chi connectivity index (χ1n) is 5.23. The van der Waals surface area contributed by atoms with Crippen LogP contribution >= 0.6 is 10.7 Å². The first-order valence-corrected chi connectivity index (χ1v) is 7.54. The summed E-state index contributed by atoms with van der Waals surface area (Å²) in [7, 11) is 1.97. The van der Waals surface area contributed by atoms with Gasteiger partial charge in [0.1, 0.15) is 5.82 Å². The van der Waals surface area contributed by atoms with E-state index in [1.54, 1.807) is 0 Å². The van der Waals surface area contributed by atoms with Crippen molar-refractivity contribution in [2.45, 2.75) is 11.3 Å². The Kier molecular flexibility index (Phi) is 3.70. The average Bonchev–Trinajstić information content (AvgIpc) is 2.69. The SMILES string of the molecule is Cn1c(-c2cccc(C(F)(F)F)c2F)nnc1S(=O)(=O)Cl. The van der Waals surface area contributed by atoms with Crippen LogP contribution in [-0.2, 0) is 22.3 Å². The molecule has 2 rings (SSSR count). The van der Waals surface area contributed by atoms with Gasteiger partial charge in [-0.1, -0.05) is 6.07 Å². The topological polar surface area (TPSA) is 64.8 Å². The summed E-state index contributed by atoms with van der Waals surface area (Å²) in [6, 6.07) is 2.57. The van der Waals surface area contributed by atoms with Crippen LogP contribution in [0.2, 0.25) is 0 Å².